The first-order chi connectivity index (χ1) is 20.3. The third-order valence-corrected chi connectivity index (χ3v) is 7.49. The van der Waals surface area contributed by atoms with Crippen LogP contribution >= 0.6 is 0 Å². The molecule has 4 aromatic carbocycles. The summed E-state index contributed by atoms with van der Waals surface area (Å²) in [6.45, 7) is 2.74. The van der Waals surface area contributed by atoms with E-state index in [-0.39, 0.29) is 17.6 Å². The molecule has 5 aromatic rings. The number of carbonyl (C=O) groups excluding carboxylic acids is 1. The fraction of sp³-hybridized carbons (Fsp3) is 0.212. The third-order valence-electron chi connectivity index (χ3n) is 7.49. The molecule has 1 aromatic heterocycles. The number of piperazine rings is 1. The highest BCUT2D eigenvalue weighted by atomic mass is 19.4. The van der Waals surface area contributed by atoms with Gasteiger partial charge in [-0.25, -0.2) is 4.98 Å². The highest BCUT2D eigenvalue weighted by molar-refractivity contribution is 5.97. The maximum Gasteiger partial charge on any atom is 0.573 e. The molecule has 6 nitrogen and oxygen atoms in total. The predicted octanol–water partition coefficient (Wildman–Crippen LogP) is 6.60. The Morgan fingerprint density at radius 1 is 0.833 bits per heavy atom. The Morgan fingerprint density at radius 3 is 2.14 bits per heavy atom. The van der Waals surface area contributed by atoms with Crippen LogP contribution in [0.2, 0.25) is 0 Å². The first kappa shape index (κ1) is 27.5. The van der Waals surface area contributed by atoms with Gasteiger partial charge in [0.25, 0.3) is 5.91 Å². The van der Waals surface area contributed by atoms with Crippen molar-refractivity contribution in [2.24, 2.45) is 0 Å². The largest absolute Gasteiger partial charge is 0.573 e. The monoisotopic (exact) mass is 570 g/mol. The van der Waals surface area contributed by atoms with E-state index in [1.165, 1.54) is 12.1 Å². The number of H-pyrrole nitrogens is 1. The molecular weight excluding hydrogens is 541 g/mol. The summed E-state index contributed by atoms with van der Waals surface area (Å²) < 4.78 is 41.8. The molecule has 0 spiro atoms. The summed E-state index contributed by atoms with van der Waals surface area (Å²) in [6.07, 6.45) is -4.73. The van der Waals surface area contributed by atoms with Crippen LogP contribution in [0.15, 0.2) is 103 Å². The first-order valence-corrected chi connectivity index (χ1v) is 13.8. The molecule has 9 heteroatoms. The summed E-state index contributed by atoms with van der Waals surface area (Å²) in [5.74, 6) is 0.437. The maximum absolute atomic E-state index is 13.4. The lowest BCUT2D eigenvalue weighted by Gasteiger charge is -2.34. The summed E-state index contributed by atoms with van der Waals surface area (Å²) in [4.78, 5) is 25.7. The second kappa shape index (κ2) is 11.7. The number of nitrogens with zero attached hydrogens (tertiary/aromatic N) is 3. The van der Waals surface area contributed by atoms with Crippen LogP contribution in [0.1, 0.15) is 38.8 Å². The van der Waals surface area contributed by atoms with E-state index in [0.29, 0.717) is 38.3 Å². The predicted molar refractivity (Wildman–Crippen MR) is 154 cm³/mol. The minimum Gasteiger partial charge on any atom is -0.406 e. The van der Waals surface area contributed by atoms with E-state index in [9.17, 15) is 18.0 Å². The molecule has 0 unspecified atom stereocenters. The Bertz CT molecular complexity index is 1620. The Hall–Kier alpha value is -4.63. The molecule has 214 valence electrons. The van der Waals surface area contributed by atoms with Crippen LogP contribution in [0.4, 0.5) is 13.2 Å². The number of imidazole rings is 1. The Morgan fingerprint density at radius 2 is 1.50 bits per heavy atom. The minimum atomic E-state index is -4.73. The van der Waals surface area contributed by atoms with Crippen LogP contribution in [-0.4, -0.2) is 58.2 Å². The summed E-state index contributed by atoms with van der Waals surface area (Å²) in [7, 11) is 0. The molecule has 1 N–H and O–H groups in total. The lowest BCUT2D eigenvalue weighted by Crippen LogP contribution is -2.48. The van der Waals surface area contributed by atoms with Crippen molar-refractivity contribution in [1.29, 1.82) is 0 Å². The number of rotatable bonds is 7. The van der Waals surface area contributed by atoms with Crippen molar-refractivity contribution in [3.63, 3.8) is 0 Å². The van der Waals surface area contributed by atoms with Gasteiger partial charge in [-0.2, -0.15) is 0 Å². The SMILES string of the molecule is O=C(c1ccc2[nH]c(C(c3ccccc3)c3ccccc3)nc2c1)N1CCN(Cc2cccc(OC(F)(F)F)c2)CC1. The van der Waals surface area contributed by atoms with Crippen molar-refractivity contribution in [1.82, 2.24) is 19.8 Å². The number of benzene rings is 4. The number of alkyl halides is 3. The zero-order chi connectivity index (χ0) is 29.1. The number of hydrogen-bond acceptors (Lipinski definition) is 4. The van der Waals surface area contributed by atoms with E-state index in [4.69, 9.17) is 4.98 Å². The number of nitrogens with one attached hydrogen (secondary N) is 1. The lowest BCUT2D eigenvalue weighted by atomic mass is 9.91. The molecule has 1 fully saturated rings. The Labute approximate surface area is 241 Å². The molecule has 1 aliphatic rings. The van der Waals surface area contributed by atoms with Crippen molar-refractivity contribution in [2.45, 2.75) is 18.8 Å². The van der Waals surface area contributed by atoms with E-state index in [2.05, 4.69) is 38.9 Å². The van der Waals surface area contributed by atoms with Gasteiger partial charge in [-0.1, -0.05) is 72.8 Å². The standard InChI is InChI=1S/C33H29F3N4O2/c34-33(35,36)42-27-13-7-8-23(20-27)22-39-16-18-40(19-17-39)32(41)26-14-15-28-29(21-26)38-31(37-28)30(24-9-3-1-4-10-24)25-11-5-2-6-12-25/h1-15,20-21,30H,16-19,22H2,(H,37,38). The molecule has 0 aliphatic carbocycles. The van der Waals surface area contributed by atoms with Gasteiger partial charge in [0.05, 0.1) is 17.0 Å². The van der Waals surface area contributed by atoms with Crippen molar-refractivity contribution in [2.75, 3.05) is 26.2 Å². The van der Waals surface area contributed by atoms with Crippen LogP contribution < -0.4 is 4.74 Å². The van der Waals surface area contributed by atoms with Gasteiger partial charge in [0.15, 0.2) is 0 Å². The molecular formula is C33H29F3N4O2. The molecule has 2 heterocycles. The molecule has 1 amide bonds. The van der Waals surface area contributed by atoms with E-state index in [0.717, 1.165) is 33.5 Å². The number of hydrogen-bond donors (Lipinski definition) is 1. The topological polar surface area (TPSA) is 61.5 Å². The zero-order valence-electron chi connectivity index (χ0n) is 22.7. The lowest BCUT2D eigenvalue weighted by molar-refractivity contribution is -0.274. The van der Waals surface area contributed by atoms with E-state index >= 15 is 0 Å². The fourth-order valence-corrected chi connectivity index (χ4v) is 5.49. The molecule has 6 rings (SSSR count). The van der Waals surface area contributed by atoms with Gasteiger partial charge < -0.3 is 14.6 Å². The zero-order valence-corrected chi connectivity index (χ0v) is 22.7. The number of amides is 1. The number of ether oxygens (including phenoxy) is 1. The van der Waals surface area contributed by atoms with Crippen LogP contribution in [0.5, 0.6) is 5.75 Å². The summed E-state index contributed by atoms with van der Waals surface area (Å²) >= 11 is 0. The van der Waals surface area contributed by atoms with Crippen molar-refractivity contribution in [3.8, 4) is 5.75 Å². The van der Waals surface area contributed by atoms with Gasteiger partial charge in [0.2, 0.25) is 0 Å². The number of aromatic amines is 1. The average molecular weight is 571 g/mol. The molecule has 0 saturated carbocycles. The Kier molecular flexibility index (Phi) is 7.67. The van der Waals surface area contributed by atoms with E-state index in [1.807, 2.05) is 59.5 Å². The van der Waals surface area contributed by atoms with Crippen molar-refractivity contribution in [3.05, 3.63) is 131 Å². The highest BCUT2D eigenvalue weighted by Crippen LogP contribution is 2.31. The van der Waals surface area contributed by atoms with Gasteiger partial charge in [0, 0.05) is 38.3 Å². The van der Waals surface area contributed by atoms with Gasteiger partial charge in [-0.3, -0.25) is 9.69 Å². The number of halogens is 3. The molecule has 42 heavy (non-hydrogen) atoms. The second-order valence-electron chi connectivity index (χ2n) is 10.4. The quantitative estimate of drug-likeness (QED) is 0.240. The van der Waals surface area contributed by atoms with E-state index in [1.54, 1.807) is 12.1 Å². The normalized spacial score (nSPS) is 14.4. The van der Waals surface area contributed by atoms with Gasteiger partial charge in [0.1, 0.15) is 11.6 Å². The van der Waals surface area contributed by atoms with Crippen LogP contribution in [0, 0.1) is 0 Å². The molecule has 1 aliphatic heterocycles. The molecule has 0 bridgehead atoms. The summed E-state index contributed by atoms with van der Waals surface area (Å²) in [5.41, 5.74) is 5.13. The molecule has 1 saturated heterocycles. The molecule has 0 radical (unpaired) electrons. The summed E-state index contributed by atoms with van der Waals surface area (Å²) in [6, 6.07) is 32.0. The van der Waals surface area contributed by atoms with Gasteiger partial charge >= 0.3 is 6.36 Å². The highest BCUT2D eigenvalue weighted by Gasteiger charge is 2.31. The van der Waals surface area contributed by atoms with Gasteiger partial charge in [-0.05, 0) is 47.0 Å². The van der Waals surface area contributed by atoms with Crippen LogP contribution in [0.25, 0.3) is 11.0 Å². The maximum atomic E-state index is 13.4. The average Bonchev–Trinajstić information content (AvgIpc) is 3.40. The number of aromatic nitrogens is 2. The second-order valence-corrected chi connectivity index (χ2v) is 10.4. The number of fused-ring (bicyclic) bond motifs is 1. The smallest absolute Gasteiger partial charge is 0.406 e. The minimum absolute atomic E-state index is 0.0654. The first-order valence-electron chi connectivity index (χ1n) is 13.8. The van der Waals surface area contributed by atoms with Crippen LogP contribution in [0.3, 0.4) is 0 Å². The van der Waals surface area contributed by atoms with Crippen LogP contribution in [-0.2, 0) is 6.54 Å². The molecule has 0 atom stereocenters. The van der Waals surface area contributed by atoms with E-state index < -0.39 is 6.36 Å². The third kappa shape index (κ3) is 6.31. The fourth-order valence-electron chi connectivity index (χ4n) is 5.49. The van der Waals surface area contributed by atoms with Crippen molar-refractivity contribution >= 4 is 16.9 Å². The van der Waals surface area contributed by atoms with Gasteiger partial charge in [-0.15, -0.1) is 13.2 Å². The van der Waals surface area contributed by atoms with Crippen molar-refractivity contribution < 1.29 is 22.7 Å². The Balaban J connectivity index is 1.14. The summed E-state index contributed by atoms with van der Waals surface area (Å²) in [5, 5.41) is 0. The number of carbonyl (C=O) groups is 1.